The molecule has 8 nitrogen and oxygen atoms in total. The Hall–Kier alpha value is -3.46. The first kappa shape index (κ1) is 18.9. The Kier molecular flexibility index (Phi) is 5.39. The minimum Gasteiger partial charge on any atom is -0.299 e. The number of hydrogen-bond donors (Lipinski definition) is 1. The topological polar surface area (TPSA) is 98.5 Å². The van der Waals surface area contributed by atoms with E-state index in [-0.39, 0.29) is 12.5 Å². The maximum absolute atomic E-state index is 12.3. The van der Waals surface area contributed by atoms with Crippen molar-refractivity contribution in [2.45, 2.75) is 26.3 Å². The van der Waals surface area contributed by atoms with Gasteiger partial charge in [-0.2, -0.15) is 4.80 Å². The van der Waals surface area contributed by atoms with E-state index in [0.717, 1.165) is 16.1 Å². The van der Waals surface area contributed by atoms with Gasteiger partial charge < -0.3 is 0 Å². The van der Waals surface area contributed by atoms with Crippen molar-refractivity contribution in [2.24, 2.45) is 0 Å². The molecule has 0 bridgehead atoms. The van der Waals surface area contributed by atoms with Crippen molar-refractivity contribution in [2.75, 3.05) is 5.32 Å². The standard InChI is InChI=1S/C20H19N7OS/c1-13(2)14-8-10-16(11-9-14)19-23-24-20(29-19)21-17(28)12-27-25-18(22-26-27)15-6-4-3-5-7-15/h3-11,13H,12H2,1-2H3,(H,21,24,28). The predicted octanol–water partition coefficient (Wildman–Crippen LogP) is 3.62. The number of anilines is 1. The SMILES string of the molecule is CC(C)c1ccc(-c2nnc(NC(=O)Cn3nnc(-c4ccccc4)n3)s2)cc1. The molecule has 0 unspecified atom stereocenters. The highest BCUT2D eigenvalue weighted by atomic mass is 32.1. The van der Waals surface area contributed by atoms with Crippen molar-refractivity contribution in [3.8, 4) is 22.0 Å². The van der Waals surface area contributed by atoms with Gasteiger partial charge in [0.2, 0.25) is 16.9 Å². The van der Waals surface area contributed by atoms with Gasteiger partial charge >= 0.3 is 0 Å². The number of rotatable bonds is 6. The summed E-state index contributed by atoms with van der Waals surface area (Å²) in [6.07, 6.45) is 0. The summed E-state index contributed by atoms with van der Waals surface area (Å²) < 4.78 is 0. The fourth-order valence-corrected chi connectivity index (χ4v) is 3.47. The van der Waals surface area contributed by atoms with Gasteiger partial charge in [0, 0.05) is 11.1 Å². The Balaban J connectivity index is 1.39. The number of carbonyl (C=O) groups excluding carboxylic acids is 1. The molecule has 0 saturated carbocycles. The smallest absolute Gasteiger partial charge is 0.249 e. The number of aromatic nitrogens is 6. The predicted molar refractivity (Wildman–Crippen MR) is 111 cm³/mol. The van der Waals surface area contributed by atoms with Gasteiger partial charge in [-0.05, 0) is 16.7 Å². The Bertz CT molecular complexity index is 1100. The number of nitrogens with one attached hydrogen (secondary N) is 1. The third-order valence-corrected chi connectivity index (χ3v) is 5.15. The molecular formula is C20H19N7OS. The molecule has 2 heterocycles. The number of amides is 1. The van der Waals surface area contributed by atoms with Crippen LogP contribution >= 0.6 is 11.3 Å². The van der Waals surface area contributed by atoms with Crippen molar-refractivity contribution in [3.05, 3.63) is 60.2 Å². The average Bonchev–Trinajstić information content (AvgIpc) is 3.38. The fourth-order valence-electron chi connectivity index (χ4n) is 2.70. The van der Waals surface area contributed by atoms with E-state index in [0.29, 0.717) is 16.9 Å². The van der Waals surface area contributed by atoms with Crippen LogP contribution in [0.1, 0.15) is 25.3 Å². The van der Waals surface area contributed by atoms with E-state index < -0.39 is 0 Å². The zero-order valence-corrected chi connectivity index (χ0v) is 16.8. The first-order valence-electron chi connectivity index (χ1n) is 9.15. The van der Waals surface area contributed by atoms with Crippen molar-refractivity contribution < 1.29 is 4.79 Å². The molecule has 0 aliphatic heterocycles. The molecule has 2 aromatic carbocycles. The molecule has 9 heteroatoms. The van der Waals surface area contributed by atoms with Crippen LogP contribution in [0.3, 0.4) is 0 Å². The second-order valence-corrected chi connectivity index (χ2v) is 7.72. The lowest BCUT2D eigenvalue weighted by Gasteiger charge is -2.04. The molecule has 0 aliphatic carbocycles. The van der Waals surface area contributed by atoms with Crippen LogP contribution in [0.15, 0.2) is 54.6 Å². The van der Waals surface area contributed by atoms with Crippen LogP contribution in [0, 0.1) is 0 Å². The van der Waals surface area contributed by atoms with Gasteiger partial charge in [-0.25, -0.2) is 0 Å². The summed E-state index contributed by atoms with van der Waals surface area (Å²) in [5.74, 6) is 0.655. The summed E-state index contributed by atoms with van der Waals surface area (Å²) in [5, 5.41) is 24.3. The molecular weight excluding hydrogens is 386 g/mol. The molecule has 29 heavy (non-hydrogen) atoms. The van der Waals surface area contributed by atoms with E-state index in [1.165, 1.54) is 21.7 Å². The Morgan fingerprint density at radius 1 is 1.00 bits per heavy atom. The van der Waals surface area contributed by atoms with Crippen molar-refractivity contribution in [1.82, 2.24) is 30.4 Å². The number of carbonyl (C=O) groups is 1. The molecule has 4 rings (SSSR count). The zero-order valence-electron chi connectivity index (χ0n) is 16.0. The number of nitrogens with zero attached hydrogens (tertiary/aromatic N) is 6. The van der Waals surface area contributed by atoms with E-state index in [1.807, 2.05) is 42.5 Å². The summed E-state index contributed by atoms with van der Waals surface area (Å²) in [4.78, 5) is 13.5. The van der Waals surface area contributed by atoms with Crippen molar-refractivity contribution in [1.29, 1.82) is 0 Å². The molecule has 4 aromatic rings. The van der Waals surface area contributed by atoms with Gasteiger partial charge in [-0.1, -0.05) is 79.8 Å². The minimum atomic E-state index is -0.292. The summed E-state index contributed by atoms with van der Waals surface area (Å²) in [5.41, 5.74) is 3.08. The molecule has 1 N–H and O–H groups in total. The second-order valence-electron chi connectivity index (χ2n) is 6.75. The quantitative estimate of drug-likeness (QED) is 0.526. The fraction of sp³-hybridized carbons (Fsp3) is 0.200. The Morgan fingerprint density at radius 3 is 2.48 bits per heavy atom. The highest BCUT2D eigenvalue weighted by Gasteiger charge is 2.13. The number of tetrazole rings is 1. The number of hydrogen-bond acceptors (Lipinski definition) is 7. The first-order chi connectivity index (χ1) is 14.1. The van der Waals surface area contributed by atoms with Gasteiger partial charge in [0.15, 0.2) is 0 Å². The molecule has 0 saturated heterocycles. The van der Waals surface area contributed by atoms with Gasteiger partial charge in [0.25, 0.3) is 0 Å². The van der Waals surface area contributed by atoms with Crippen LogP contribution in [0.4, 0.5) is 5.13 Å². The van der Waals surface area contributed by atoms with Crippen LogP contribution in [-0.2, 0) is 11.3 Å². The normalized spacial score (nSPS) is 11.0. The lowest BCUT2D eigenvalue weighted by molar-refractivity contribution is -0.117. The molecule has 2 aromatic heterocycles. The maximum Gasteiger partial charge on any atom is 0.249 e. The monoisotopic (exact) mass is 405 g/mol. The first-order valence-corrected chi connectivity index (χ1v) is 9.97. The summed E-state index contributed by atoms with van der Waals surface area (Å²) in [7, 11) is 0. The van der Waals surface area contributed by atoms with E-state index in [2.05, 4.69) is 56.9 Å². The summed E-state index contributed by atoms with van der Waals surface area (Å²) >= 11 is 1.32. The lowest BCUT2D eigenvalue weighted by atomic mass is 10.0. The van der Waals surface area contributed by atoms with Gasteiger partial charge in [-0.3, -0.25) is 10.1 Å². The van der Waals surface area contributed by atoms with E-state index >= 15 is 0 Å². The molecule has 146 valence electrons. The number of benzene rings is 2. The van der Waals surface area contributed by atoms with Crippen LogP contribution in [-0.4, -0.2) is 36.3 Å². The maximum atomic E-state index is 12.3. The molecule has 0 aliphatic rings. The van der Waals surface area contributed by atoms with Crippen molar-refractivity contribution in [3.63, 3.8) is 0 Å². The Morgan fingerprint density at radius 2 is 1.76 bits per heavy atom. The molecule has 0 spiro atoms. The highest BCUT2D eigenvalue weighted by molar-refractivity contribution is 7.18. The molecule has 0 radical (unpaired) electrons. The van der Waals surface area contributed by atoms with Crippen LogP contribution in [0.5, 0.6) is 0 Å². The van der Waals surface area contributed by atoms with Gasteiger partial charge in [0.05, 0.1) is 0 Å². The van der Waals surface area contributed by atoms with Gasteiger partial charge in [-0.15, -0.1) is 20.4 Å². The van der Waals surface area contributed by atoms with E-state index in [1.54, 1.807) is 0 Å². The summed E-state index contributed by atoms with van der Waals surface area (Å²) in [6.45, 7) is 4.25. The molecule has 0 fully saturated rings. The van der Waals surface area contributed by atoms with Crippen LogP contribution in [0.25, 0.3) is 22.0 Å². The lowest BCUT2D eigenvalue weighted by Crippen LogP contribution is -2.20. The molecule has 1 amide bonds. The largest absolute Gasteiger partial charge is 0.299 e. The average molecular weight is 405 g/mol. The minimum absolute atomic E-state index is 0.0577. The van der Waals surface area contributed by atoms with Crippen LogP contribution < -0.4 is 5.32 Å². The second kappa shape index (κ2) is 8.27. The van der Waals surface area contributed by atoms with E-state index in [9.17, 15) is 4.79 Å². The summed E-state index contributed by atoms with van der Waals surface area (Å²) in [6, 6.07) is 17.7. The van der Waals surface area contributed by atoms with E-state index in [4.69, 9.17) is 0 Å². The van der Waals surface area contributed by atoms with Gasteiger partial charge in [0.1, 0.15) is 11.6 Å². The zero-order chi connectivity index (χ0) is 20.2. The highest BCUT2D eigenvalue weighted by Crippen LogP contribution is 2.27. The Labute approximate surface area is 171 Å². The third kappa shape index (κ3) is 4.52. The third-order valence-electron chi connectivity index (χ3n) is 4.27. The van der Waals surface area contributed by atoms with Crippen molar-refractivity contribution >= 4 is 22.4 Å². The molecule has 0 atom stereocenters. The van der Waals surface area contributed by atoms with Crippen LogP contribution in [0.2, 0.25) is 0 Å².